The van der Waals surface area contributed by atoms with Crippen LogP contribution in [-0.4, -0.2) is 10.5 Å². The van der Waals surface area contributed by atoms with Crippen molar-refractivity contribution in [2.75, 3.05) is 0 Å². The van der Waals surface area contributed by atoms with Gasteiger partial charge in [0.15, 0.2) is 0 Å². The molecule has 0 bridgehead atoms. The third-order valence-corrected chi connectivity index (χ3v) is 8.94. The fraction of sp³-hybridized carbons (Fsp3) is 0.556. The highest BCUT2D eigenvalue weighted by molar-refractivity contribution is 8.12. The SMILES string of the molecule is C=CC1CC(C(C)C)C(C)C2SC(=C)/C(=C\C(S)=C\S)SC12. The molecule has 1 aliphatic carbocycles. The molecule has 0 aromatic rings. The van der Waals surface area contributed by atoms with Crippen LogP contribution in [0.3, 0.4) is 0 Å². The topological polar surface area (TPSA) is 0 Å². The van der Waals surface area contributed by atoms with E-state index < -0.39 is 0 Å². The zero-order valence-electron chi connectivity index (χ0n) is 13.5. The molecule has 0 aromatic carbocycles. The second-order valence-electron chi connectivity index (χ2n) is 6.55. The minimum absolute atomic E-state index is 0.575. The van der Waals surface area contributed by atoms with Crippen LogP contribution in [0.25, 0.3) is 0 Å². The molecule has 2 aliphatic rings. The van der Waals surface area contributed by atoms with Gasteiger partial charge in [0, 0.05) is 25.2 Å². The van der Waals surface area contributed by atoms with E-state index in [-0.39, 0.29) is 0 Å². The summed E-state index contributed by atoms with van der Waals surface area (Å²) in [6.07, 6.45) is 5.52. The highest BCUT2D eigenvalue weighted by atomic mass is 32.2. The fourth-order valence-electron chi connectivity index (χ4n) is 3.61. The van der Waals surface area contributed by atoms with E-state index in [1.54, 1.807) is 5.41 Å². The second kappa shape index (κ2) is 7.96. The van der Waals surface area contributed by atoms with Gasteiger partial charge in [-0.05, 0) is 41.6 Å². The first-order valence-corrected chi connectivity index (χ1v) is 10.5. The van der Waals surface area contributed by atoms with Crippen molar-refractivity contribution in [2.24, 2.45) is 23.7 Å². The van der Waals surface area contributed by atoms with Crippen molar-refractivity contribution in [3.05, 3.63) is 45.4 Å². The number of hydrogen-bond donors (Lipinski definition) is 2. The van der Waals surface area contributed by atoms with Gasteiger partial charge in [0.25, 0.3) is 0 Å². The molecule has 1 saturated carbocycles. The third-order valence-electron chi connectivity index (χ3n) is 4.87. The summed E-state index contributed by atoms with van der Waals surface area (Å²) >= 11 is 12.5. The van der Waals surface area contributed by atoms with Crippen molar-refractivity contribution >= 4 is 48.8 Å². The van der Waals surface area contributed by atoms with Crippen molar-refractivity contribution in [1.29, 1.82) is 0 Å². The van der Waals surface area contributed by atoms with Gasteiger partial charge >= 0.3 is 0 Å². The maximum atomic E-state index is 4.43. The van der Waals surface area contributed by atoms with E-state index in [2.05, 4.69) is 71.3 Å². The van der Waals surface area contributed by atoms with Crippen LogP contribution < -0.4 is 0 Å². The minimum atomic E-state index is 0.575. The van der Waals surface area contributed by atoms with E-state index in [0.29, 0.717) is 22.3 Å². The van der Waals surface area contributed by atoms with Gasteiger partial charge in [0.2, 0.25) is 0 Å². The summed E-state index contributed by atoms with van der Waals surface area (Å²) in [7, 11) is 0. The zero-order chi connectivity index (χ0) is 16.4. The van der Waals surface area contributed by atoms with E-state index in [4.69, 9.17) is 0 Å². The van der Waals surface area contributed by atoms with E-state index in [0.717, 1.165) is 16.7 Å². The molecule has 0 amide bonds. The normalized spacial score (nSPS) is 38.3. The summed E-state index contributed by atoms with van der Waals surface area (Å²) in [4.78, 5) is 3.29. The molecule has 4 heteroatoms. The van der Waals surface area contributed by atoms with Gasteiger partial charge in [0.05, 0.1) is 0 Å². The minimum Gasteiger partial charge on any atom is -0.150 e. The molecule has 2 fully saturated rings. The van der Waals surface area contributed by atoms with Crippen molar-refractivity contribution in [2.45, 2.75) is 37.7 Å². The lowest BCUT2D eigenvalue weighted by Gasteiger charge is -2.49. The van der Waals surface area contributed by atoms with Gasteiger partial charge < -0.3 is 0 Å². The zero-order valence-corrected chi connectivity index (χ0v) is 17.0. The Labute approximate surface area is 155 Å². The Hall–Kier alpha value is 0.360. The van der Waals surface area contributed by atoms with Crippen LogP contribution in [0.1, 0.15) is 27.2 Å². The number of fused-ring (bicyclic) bond motifs is 1. The summed E-state index contributed by atoms with van der Waals surface area (Å²) in [5, 5.41) is 2.94. The first-order valence-electron chi connectivity index (χ1n) is 7.79. The molecule has 0 N–H and O–H groups in total. The van der Waals surface area contributed by atoms with Crippen LogP contribution in [-0.2, 0) is 0 Å². The predicted octanol–water partition coefficient (Wildman–Crippen LogP) is 6.42. The van der Waals surface area contributed by atoms with Crippen molar-refractivity contribution in [3.63, 3.8) is 0 Å². The van der Waals surface area contributed by atoms with Crippen LogP contribution in [0, 0.1) is 23.7 Å². The molecule has 1 aliphatic heterocycles. The molecule has 1 saturated heterocycles. The molecule has 22 heavy (non-hydrogen) atoms. The van der Waals surface area contributed by atoms with E-state index in [9.17, 15) is 0 Å². The van der Waals surface area contributed by atoms with Gasteiger partial charge in [-0.25, -0.2) is 0 Å². The van der Waals surface area contributed by atoms with Crippen molar-refractivity contribution in [1.82, 2.24) is 0 Å². The molecular weight excluding hydrogens is 344 g/mol. The lowest BCUT2D eigenvalue weighted by molar-refractivity contribution is 0.179. The molecule has 1 heterocycles. The third kappa shape index (κ3) is 3.88. The van der Waals surface area contributed by atoms with Gasteiger partial charge in [-0.3, -0.25) is 0 Å². The predicted molar refractivity (Wildman–Crippen MR) is 112 cm³/mol. The molecular formula is C18H26S4. The van der Waals surface area contributed by atoms with E-state index in [1.165, 1.54) is 16.2 Å². The van der Waals surface area contributed by atoms with Crippen LogP contribution in [0.4, 0.5) is 0 Å². The Kier molecular flexibility index (Phi) is 6.76. The van der Waals surface area contributed by atoms with Crippen molar-refractivity contribution in [3.8, 4) is 0 Å². The maximum Gasteiger partial charge on any atom is 0.0283 e. The number of thioether (sulfide) groups is 2. The summed E-state index contributed by atoms with van der Waals surface area (Å²) in [6.45, 7) is 15.5. The lowest BCUT2D eigenvalue weighted by atomic mass is 9.69. The summed E-state index contributed by atoms with van der Waals surface area (Å²) < 4.78 is 0. The summed E-state index contributed by atoms with van der Waals surface area (Å²) in [5.41, 5.74) is 0. The molecule has 0 spiro atoms. The van der Waals surface area contributed by atoms with Gasteiger partial charge in [-0.1, -0.05) is 33.4 Å². The molecule has 0 radical (unpaired) electrons. The Morgan fingerprint density at radius 1 is 1.32 bits per heavy atom. The molecule has 122 valence electrons. The number of rotatable bonds is 3. The second-order valence-corrected chi connectivity index (χ2v) is 9.82. The average molecular weight is 371 g/mol. The number of allylic oxidation sites excluding steroid dienone is 2. The van der Waals surface area contributed by atoms with Crippen molar-refractivity contribution < 1.29 is 0 Å². The first-order chi connectivity index (χ1) is 10.4. The average Bonchev–Trinajstić information content (AvgIpc) is 2.48. The summed E-state index contributed by atoms with van der Waals surface area (Å²) in [5.74, 6) is 2.79. The number of thiol groups is 2. The number of hydrogen-bond acceptors (Lipinski definition) is 4. The van der Waals surface area contributed by atoms with Gasteiger partial charge in [-0.2, -0.15) is 12.6 Å². The van der Waals surface area contributed by atoms with Gasteiger partial charge in [0.1, 0.15) is 0 Å². The highest BCUT2D eigenvalue weighted by Crippen LogP contribution is 2.56. The smallest absolute Gasteiger partial charge is 0.0283 e. The quantitative estimate of drug-likeness (QED) is 0.435. The molecule has 2 rings (SSSR count). The molecule has 5 unspecified atom stereocenters. The summed E-state index contributed by atoms with van der Waals surface area (Å²) in [6, 6.07) is 0. The highest BCUT2D eigenvalue weighted by Gasteiger charge is 2.46. The first kappa shape index (κ1) is 18.7. The Morgan fingerprint density at radius 3 is 2.55 bits per heavy atom. The Balaban J connectivity index is 2.29. The van der Waals surface area contributed by atoms with Crippen LogP contribution in [0.5, 0.6) is 0 Å². The molecule has 0 nitrogen and oxygen atoms in total. The molecule has 5 atom stereocenters. The fourth-order valence-corrected chi connectivity index (χ4v) is 7.18. The standard InChI is InChI=1S/C18H26S4/c1-6-13-7-15(10(2)3)11(4)17-18(13)22-16(12(5)21-17)8-14(20)9-19/h6,8-11,13,15,17-20H,1,5,7H2,2-4H3/b14-9-,16-8+. The largest absolute Gasteiger partial charge is 0.150 e. The van der Waals surface area contributed by atoms with Gasteiger partial charge in [-0.15, -0.1) is 42.7 Å². The van der Waals surface area contributed by atoms with Crippen LogP contribution in [0.2, 0.25) is 0 Å². The van der Waals surface area contributed by atoms with Crippen LogP contribution in [0.15, 0.2) is 45.4 Å². The maximum absolute atomic E-state index is 4.43. The van der Waals surface area contributed by atoms with E-state index in [1.807, 2.05) is 23.5 Å². The Bertz CT molecular complexity index is 503. The lowest BCUT2D eigenvalue weighted by Crippen LogP contribution is -2.45. The molecule has 0 aromatic heterocycles. The van der Waals surface area contributed by atoms with Crippen LogP contribution >= 0.6 is 48.8 Å². The Morgan fingerprint density at radius 2 is 2.00 bits per heavy atom. The van der Waals surface area contributed by atoms with E-state index >= 15 is 0 Å². The monoisotopic (exact) mass is 370 g/mol.